The summed E-state index contributed by atoms with van der Waals surface area (Å²) in [5.41, 5.74) is 9.11. The Kier molecular flexibility index (Phi) is 3.44. The topological polar surface area (TPSA) is 52.0 Å². The molecule has 0 saturated heterocycles. The Morgan fingerprint density at radius 3 is 2.67 bits per heavy atom. The van der Waals surface area contributed by atoms with Crippen LogP contribution in [-0.2, 0) is 11.8 Å². The van der Waals surface area contributed by atoms with Gasteiger partial charge in [-0.15, -0.1) is 0 Å². The molecule has 18 heavy (non-hydrogen) atoms. The fourth-order valence-electron chi connectivity index (χ4n) is 1.90. The Balaban J connectivity index is 2.34. The summed E-state index contributed by atoms with van der Waals surface area (Å²) in [6.45, 7) is 8.66. The van der Waals surface area contributed by atoms with E-state index in [4.69, 9.17) is 10.2 Å². The van der Waals surface area contributed by atoms with Crippen LogP contribution in [0.3, 0.4) is 0 Å². The van der Waals surface area contributed by atoms with Crippen molar-refractivity contribution in [3.05, 3.63) is 29.7 Å². The molecule has 2 rings (SSSR count). The van der Waals surface area contributed by atoms with E-state index in [0.717, 1.165) is 23.4 Å². The number of aromatic nitrogens is 1. The summed E-state index contributed by atoms with van der Waals surface area (Å²) >= 11 is 0. The maximum atomic E-state index is 5.93. The number of fused-ring (bicyclic) bond motifs is 1. The van der Waals surface area contributed by atoms with Crippen molar-refractivity contribution in [2.24, 2.45) is 5.73 Å². The average molecular weight is 246 g/mol. The van der Waals surface area contributed by atoms with Crippen LogP contribution in [0.1, 0.15) is 45.6 Å². The van der Waals surface area contributed by atoms with Crippen LogP contribution < -0.4 is 5.73 Å². The number of rotatable bonds is 3. The van der Waals surface area contributed by atoms with Crippen molar-refractivity contribution in [1.29, 1.82) is 0 Å². The molecule has 0 aliphatic rings. The normalized spacial score (nSPS) is 14.1. The van der Waals surface area contributed by atoms with Crippen molar-refractivity contribution < 1.29 is 4.42 Å². The first-order valence-electron chi connectivity index (χ1n) is 6.55. The highest BCUT2D eigenvalue weighted by molar-refractivity contribution is 5.73. The van der Waals surface area contributed by atoms with Gasteiger partial charge in [0.1, 0.15) is 5.52 Å². The van der Waals surface area contributed by atoms with E-state index in [1.165, 1.54) is 5.56 Å². The lowest BCUT2D eigenvalue weighted by atomic mass is 9.87. The highest BCUT2D eigenvalue weighted by atomic mass is 16.3. The number of oxazole rings is 1. The van der Waals surface area contributed by atoms with Gasteiger partial charge >= 0.3 is 0 Å². The molecule has 0 aliphatic carbocycles. The van der Waals surface area contributed by atoms with Crippen molar-refractivity contribution in [2.75, 3.05) is 0 Å². The fourth-order valence-corrected chi connectivity index (χ4v) is 1.90. The number of hydrogen-bond acceptors (Lipinski definition) is 3. The molecular formula is C15H22N2O. The van der Waals surface area contributed by atoms with Gasteiger partial charge in [-0.1, -0.05) is 33.8 Å². The molecular weight excluding hydrogens is 224 g/mol. The number of benzene rings is 1. The molecule has 0 radical (unpaired) electrons. The van der Waals surface area contributed by atoms with Crippen LogP contribution in [0.5, 0.6) is 0 Å². The Morgan fingerprint density at radius 1 is 1.33 bits per heavy atom. The minimum atomic E-state index is 0.125. The third-order valence-electron chi connectivity index (χ3n) is 3.26. The summed E-state index contributed by atoms with van der Waals surface area (Å²) in [5, 5.41) is 0. The maximum absolute atomic E-state index is 5.93. The molecule has 3 heteroatoms. The van der Waals surface area contributed by atoms with Crippen molar-refractivity contribution in [3.63, 3.8) is 0 Å². The van der Waals surface area contributed by atoms with Crippen LogP contribution in [0.15, 0.2) is 22.6 Å². The predicted octanol–water partition coefficient (Wildman–Crippen LogP) is 3.41. The molecule has 1 aromatic carbocycles. The summed E-state index contributed by atoms with van der Waals surface area (Å²) in [7, 11) is 0. The zero-order valence-corrected chi connectivity index (χ0v) is 11.7. The van der Waals surface area contributed by atoms with Crippen LogP contribution in [0.4, 0.5) is 0 Å². The summed E-state index contributed by atoms with van der Waals surface area (Å²) in [4.78, 5) is 4.53. The highest BCUT2D eigenvalue weighted by Gasteiger charge is 2.16. The van der Waals surface area contributed by atoms with Gasteiger partial charge in [0.15, 0.2) is 11.5 Å². The smallest absolute Gasteiger partial charge is 0.197 e. The molecule has 0 aliphatic heterocycles. The SMILES string of the molecule is CCC(N)Cc1nc2cc(C(C)(C)C)ccc2o1. The monoisotopic (exact) mass is 246 g/mol. The zero-order valence-electron chi connectivity index (χ0n) is 11.7. The van der Waals surface area contributed by atoms with Gasteiger partial charge in [-0.25, -0.2) is 4.98 Å². The van der Waals surface area contributed by atoms with Crippen LogP contribution in [-0.4, -0.2) is 11.0 Å². The van der Waals surface area contributed by atoms with Gasteiger partial charge in [-0.2, -0.15) is 0 Å². The van der Waals surface area contributed by atoms with E-state index in [1.54, 1.807) is 0 Å². The van der Waals surface area contributed by atoms with Gasteiger partial charge in [0, 0.05) is 12.5 Å². The summed E-state index contributed by atoms with van der Waals surface area (Å²) < 4.78 is 5.72. The van der Waals surface area contributed by atoms with E-state index in [-0.39, 0.29) is 11.5 Å². The van der Waals surface area contributed by atoms with Crippen LogP contribution >= 0.6 is 0 Å². The van der Waals surface area contributed by atoms with Gasteiger partial charge < -0.3 is 10.2 Å². The largest absolute Gasteiger partial charge is 0.441 e. The lowest BCUT2D eigenvalue weighted by molar-refractivity contribution is 0.491. The Bertz CT molecular complexity index is 537. The molecule has 1 heterocycles. The van der Waals surface area contributed by atoms with Gasteiger partial charge in [-0.05, 0) is 29.5 Å². The molecule has 1 aromatic heterocycles. The first-order valence-corrected chi connectivity index (χ1v) is 6.55. The van der Waals surface area contributed by atoms with Crippen molar-refractivity contribution in [1.82, 2.24) is 4.98 Å². The van der Waals surface area contributed by atoms with Crippen LogP contribution in [0.2, 0.25) is 0 Å². The predicted molar refractivity (Wildman–Crippen MR) is 74.7 cm³/mol. The molecule has 2 aromatic rings. The van der Waals surface area contributed by atoms with E-state index in [0.29, 0.717) is 6.42 Å². The van der Waals surface area contributed by atoms with Crippen molar-refractivity contribution in [2.45, 2.75) is 52.0 Å². The minimum Gasteiger partial charge on any atom is -0.441 e. The molecule has 0 spiro atoms. The lowest BCUT2D eigenvalue weighted by Gasteiger charge is -2.18. The third-order valence-corrected chi connectivity index (χ3v) is 3.26. The maximum Gasteiger partial charge on any atom is 0.197 e. The number of hydrogen-bond donors (Lipinski definition) is 1. The summed E-state index contributed by atoms with van der Waals surface area (Å²) in [5.74, 6) is 0.741. The van der Waals surface area contributed by atoms with E-state index >= 15 is 0 Å². The molecule has 0 saturated carbocycles. The molecule has 1 unspecified atom stereocenters. The molecule has 2 N–H and O–H groups in total. The summed E-state index contributed by atoms with van der Waals surface area (Å²) in [6, 6.07) is 6.35. The Labute approximate surface area is 108 Å². The van der Waals surface area contributed by atoms with Crippen LogP contribution in [0, 0.1) is 0 Å². The van der Waals surface area contributed by atoms with Crippen LogP contribution in [0.25, 0.3) is 11.1 Å². The van der Waals surface area contributed by atoms with Crippen molar-refractivity contribution >= 4 is 11.1 Å². The molecule has 0 amide bonds. The molecule has 0 fully saturated rings. The van der Waals surface area contributed by atoms with E-state index in [1.807, 2.05) is 6.07 Å². The minimum absolute atomic E-state index is 0.125. The first kappa shape index (κ1) is 13.1. The first-order chi connectivity index (χ1) is 8.40. The molecule has 3 nitrogen and oxygen atoms in total. The second kappa shape index (κ2) is 4.73. The third kappa shape index (κ3) is 2.72. The standard InChI is InChI=1S/C15H22N2O/c1-5-11(16)9-14-17-12-8-10(15(2,3)4)6-7-13(12)18-14/h6-8,11H,5,9,16H2,1-4H3. The Hall–Kier alpha value is -1.35. The number of nitrogens with zero attached hydrogens (tertiary/aromatic N) is 1. The Morgan fingerprint density at radius 2 is 2.06 bits per heavy atom. The van der Waals surface area contributed by atoms with Gasteiger partial charge in [0.05, 0.1) is 0 Å². The van der Waals surface area contributed by atoms with E-state index < -0.39 is 0 Å². The molecule has 98 valence electrons. The van der Waals surface area contributed by atoms with Crippen molar-refractivity contribution in [3.8, 4) is 0 Å². The average Bonchev–Trinajstić information content (AvgIpc) is 2.68. The fraction of sp³-hybridized carbons (Fsp3) is 0.533. The summed E-state index contributed by atoms with van der Waals surface area (Å²) in [6.07, 6.45) is 1.64. The quantitative estimate of drug-likeness (QED) is 0.903. The lowest BCUT2D eigenvalue weighted by Crippen LogP contribution is -2.21. The highest BCUT2D eigenvalue weighted by Crippen LogP contribution is 2.26. The zero-order chi connectivity index (χ0) is 13.3. The number of nitrogens with two attached hydrogens (primary N) is 1. The van der Waals surface area contributed by atoms with Gasteiger partial charge in [-0.3, -0.25) is 0 Å². The second-order valence-corrected chi connectivity index (χ2v) is 5.91. The molecule has 1 atom stereocenters. The second-order valence-electron chi connectivity index (χ2n) is 5.91. The van der Waals surface area contributed by atoms with Gasteiger partial charge in [0.2, 0.25) is 0 Å². The molecule has 0 bridgehead atoms. The van der Waals surface area contributed by atoms with Gasteiger partial charge in [0.25, 0.3) is 0 Å². The van der Waals surface area contributed by atoms with E-state index in [2.05, 4.69) is 44.8 Å². The van der Waals surface area contributed by atoms with E-state index in [9.17, 15) is 0 Å².